The first-order valence-electron chi connectivity index (χ1n) is 12.2. The zero-order valence-electron chi connectivity index (χ0n) is 21.1. The van der Waals surface area contributed by atoms with Crippen molar-refractivity contribution in [3.05, 3.63) is 83.6 Å². The molecule has 1 aliphatic rings. The molecule has 1 aliphatic heterocycles. The molecule has 0 bridgehead atoms. The Bertz CT molecular complexity index is 1190. The van der Waals surface area contributed by atoms with E-state index >= 15 is 0 Å². The number of hydrogen-bond acceptors (Lipinski definition) is 5. The molecule has 0 saturated carbocycles. The smallest absolute Gasteiger partial charge is 0.321 e. The van der Waals surface area contributed by atoms with Gasteiger partial charge < -0.3 is 24.4 Å². The molecule has 188 valence electrons. The van der Waals surface area contributed by atoms with Gasteiger partial charge >= 0.3 is 6.03 Å². The van der Waals surface area contributed by atoms with E-state index in [0.29, 0.717) is 31.3 Å². The molecule has 2 amide bonds. The third-order valence-electron chi connectivity index (χ3n) is 6.29. The average Bonchev–Trinajstić information content (AvgIpc) is 2.90. The Morgan fingerprint density at radius 1 is 1.08 bits per heavy atom. The fourth-order valence-corrected chi connectivity index (χ4v) is 4.25. The van der Waals surface area contributed by atoms with Crippen LogP contribution in [0.15, 0.2) is 72.4 Å². The maximum Gasteiger partial charge on any atom is 0.321 e. The molecule has 36 heavy (non-hydrogen) atoms. The molecule has 0 aliphatic carbocycles. The normalized spacial score (nSPS) is 16.5. The number of methoxy groups -OCH3 is 2. The van der Waals surface area contributed by atoms with Gasteiger partial charge in [0.1, 0.15) is 11.5 Å². The summed E-state index contributed by atoms with van der Waals surface area (Å²) in [7, 11) is 3.24. The Kier molecular flexibility index (Phi) is 8.44. The number of nitrogens with one attached hydrogen (secondary N) is 1. The number of piperidine rings is 1. The van der Waals surface area contributed by atoms with Crippen molar-refractivity contribution in [2.45, 2.75) is 19.8 Å². The fourth-order valence-electron chi connectivity index (χ4n) is 4.25. The molecule has 2 heterocycles. The molecule has 7 heteroatoms. The van der Waals surface area contributed by atoms with Crippen LogP contribution in [0.4, 0.5) is 10.5 Å². The van der Waals surface area contributed by atoms with E-state index in [-0.39, 0.29) is 11.9 Å². The van der Waals surface area contributed by atoms with E-state index in [1.54, 1.807) is 32.5 Å². The minimum atomic E-state index is -0.112. The molecule has 1 atom stereocenters. The third kappa shape index (κ3) is 6.78. The zero-order valence-corrected chi connectivity index (χ0v) is 21.1. The zero-order chi connectivity index (χ0) is 25.3. The minimum absolute atomic E-state index is 0.112. The van der Waals surface area contributed by atoms with Crippen molar-refractivity contribution >= 4 is 17.8 Å². The first kappa shape index (κ1) is 25.1. The van der Waals surface area contributed by atoms with Gasteiger partial charge in [-0.15, -0.1) is 0 Å². The lowest BCUT2D eigenvalue weighted by atomic mass is 9.91. The highest BCUT2D eigenvalue weighted by molar-refractivity contribution is 5.89. The number of pyridine rings is 1. The Morgan fingerprint density at radius 2 is 1.92 bits per heavy atom. The first-order chi connectivity index (χ1) is 17.5. The van der Waals surface area contributed by atoms with Crippen LogP contribution in [0.25, 0.3) is 6.08 Å². The van der Waals surface area contributed by atoms with Gasteiger partial charge in [0.25, 0.3) is 0 Å². The summed E-state index contributed by atoms with van der Waals surface area (Å²) in [6, 6.07) is 19.6. The lowest BCUT2D eigenvalue weighted by molar-refractivity contribution is 0.198. The number of benzene rings is 2. The Labute approximate surface area is 212 Å². The number of carbonyl (C=O) groups excluding carboxylic acids is 1. The van der Waals surface area contributed by atoms with Crippen molar-refractivity contribution in [2.75, 3.05) is 39.2 Å². The second kappa shape index (κ2) is 12.1. The van der Waals surface area contributed by atoms with Crippen LogP contribution in [0.2, 0.25) is 0 Å². The van der Waals surface area contributed by atoms with Gasteiger partial charge in [-0.05, 0) is 53.8 Å². The highest BCUT2D eigenvalue weighted by Gasteiger charge is 2.24. The molecule has 4 rings (SSSR count). The van der Waals surface area contributed by atoms with Gasteiger partial charge in [-0.3, -0.25) is 0 Å². The van der Waals surface area contributed by atoms with Crippen LogP contribution in [0.3, 0.4) is 0 Å². The van der Waals surface area contributed by atoms with Crippen LogP contribution < -0.4 is 19.5 Å². The van der Waals surface area contributed by atoms with E-state index in [1.807, 2.05) is 35.2 Å². The summed E-state index contributed by atoms with van der Waals surface area (Å²) in [4.78, 5) is 18.7. The number of aromatic nitrogens is 1. The number of urea groups is 1. The number of ether oxygens (including phenoxy) is 3. The highest BCUT2D eigenvalue weighted by Crippen LogP contribution is 2.27. The van der Waals surface area contributed by atoms with Crippen molar-refractivity contribution in [3.63, 3.8) is 0 Å². The summed E-state index contributed by atoms with van der Waals surface area (Å²) in [5, 5.41) is 2.92. The van der Waals surface area contributed by atoms with E-state index < -0.39 is 0 Å². The first-order valence-corrected chi connectivity index (χ1v) is 12.2. The maximum absolute atomic E-state index is 12.7. The minimum Gasteiger partial charge on any atom is -0.497 e. The van der Waals surface area contributed by atoms with Crippen LogP contribution in [0, 0.1) is 5.92 Å². The molecular weight excluding hydrogens is 454 g/mol. The second-order valence-electron chi connectivity index (χ2n) is 8.86. The summed E-state index contributed by atoms with van der Waals surface area (Å²) < 4.78 is 16.4. The van der Waals surface area contributed by atoms with Gasteiger partial charge in [0, 0.05) is 25.6 Å². The Morgan fingerprint density at radius 3 is 2.67 bits per heavy atom. The van der Waals surface area contributed by atoms with Crippen LogP contribution in [-0.4, -0.2) is 49.8 Å². The second-order valence-corrected chi connectivity index (χ2v) is 8.86. The van der Waals surface area contributed by atoms with E-state index in [0.717, 1.165) is 29.9 Å². The summed E-state index contributed by atoms with van der Waals surface area (Å²) in [6.45, 7) is 4.09. The van der Waals surface area contributed by atoms with Gasteiger partial charge in [0.15, 0.2) is 0 Å². The van der Waals surface area contributed by atoms with Crippen molar-refractivity contribution < 1.29 is 19.0 Å². The summed E-state index contributed by atoms with van der Waals surface area (Å²) in [5.41, 5.74) is 4.27. The number of anilines is 1. The summed E-state index contributed by atoms with van der Waals surface area (Å²) >= 11 is 0. The fraction of sp³-hybridized carbons (Fsp3) is 0.310. The molecule has 3 aromatic rings. The lowest BCUT2D eigenvalue weighted by Gasteiger charge is -2.33. The van der Waals surface area contributed by atoms with Gasteiger partial charge in [-0.2, -0.15) is 0 Å². The number of likely N-dealkylation sites (tertiary alicyclic amines) is 1. The van der Waals surface area contributed by atoms with Crippen LogP contribution in [0.1, 0.15) is 24.5 Å². The van der Waals surface area contributed by atoms with Gasteiger partial charge in [0.2, 0.25) is 5.88 Å². The lowest BCUT2D eigenvalue weighted by Crippen LogP contribution is -2.42. The monoisotopic (exact) mass is 487 g/mol. The summed E-state index contributed by atoms with van der Waals surface area (Å²) in [5.74, 6) is 2.48. The Hall–Kier alpha value is -4.00. The van der Waals surface area contributed by atoms with Crippen molar-refractivity contribution in [1.29, 1.82) is 0 Å². The quantitative estimate of drug-likeness (QED) is 0.443. The molecule has 0 spiro atoms. The molecule has 7 nitrogen and oxygen atoms in total. The standard InChI is InChI=1S/C29H33N3O4/c1-21-20-32(29(33)31-25-10-11-28(35-3)30-19-25)14-12-24(21)16-23-7-5-9-27(18-23)36-15-13-22-6-4-8-26(17-22)34-2/h4-11,16-19,21H,12-15,20H2,1-3H3,(H,31,33). The predicted octanol–water partition coefficient (Wildman–Crippen LogP) is 5.68. The largest absolute Gasteiger partial charge is 0.497 e. The highest BCUT2D eigenvalue weighted by atomic mass is 16.5. The van der Waals surface area contributed by atoms with E-state index in [9.17, 15) is 4.79 Å². The maximum atomic E-state index is 12.7. The summed E-state index contributed by atoms with van der Waals surface area (Å²) in [6.07, 6.45) is 5.46. The SMILES string of the molecule is COc1cccc(CCOc2cccc(C=C3CCN(C(=O)Nc4ccc(OC)nc4)CC3C)c2)c1. The van der Waals surface area contributed by atoms with Gasteiger partial charge in [-0.25, -0.2) is 9.78 Å². The van der Waals surface area contributed by atoms with Crippen molar-refractivity contribution in [2.24, 2.45) is 5.92 Å². The van der Waals surface area contributed by atoms with Crippen LogP contribution in [-0.2, 0) is 6.42 Å². The number of nitrogens with zero attached hydrogens (tertiary/aromatic N) is 2. The van der Waals surface area contributed by atoms with E-state index in [2.05, 4.69) is 41.5 Å². The molecule has 1 saturated heterocycles. The average molecular weight is 488 g/mol. The molecule has 1 aromatic heterocycles. The predicted molar refractivity (Wildman–Crippen MR) is 142 cm³/mol. The van der Waals surface area contributed by atoms with Crippen LogP contribution >= 0.6 is 0 Å². The van der Waals surface area contributed by atoms with Crippen LogP contribution in [0.5, 0.6) is 17.4 Å². The molecule has 1 unspecified atom stereocenters. The topological polar surface area (TPSA) is 72.9 Å². The molecular formula is C29H33N3O4. The number of hydrogen-bond donors (Lipinski definition) is 1. The molecule has 1 fully saturated rings. The van der Waals surface area contributed by atoms with Crippen molar-refractivity contribution in [1.82, 2.24) is 9.88 Å². The number of carbonyl (C=O) groups is 1. The molecule has 2 aromatic carbocycles. The van der Waals surface area contributed by atoms with E-state index in [1.165, 1.54) is 11.1 Å². The molecule has 0 radical (unpaired) electrons. The number of rotatable bonds is 8. The Balaban J connectivity index is 1.30. The van der Waals surface area contributed by atoms with Gasteiger partial charge in [-0.1, -0.05) is 42.8 Å². The van der Waals surface area contributed by atoms with Crippen molar-refractivity contribution in [3.8, 4) is 17.4 Å². The van der Waals surface area contributed by atoms with E-state index in [4.69, 9.17) is 14.2 Å². The van der Waals surface area contributed by atoms with Gasteiger partial charge in [0.05, 0.1) is 32.7 Å². The third-order valence-corrected chi connectivity index (χ3v) is 6.29. The number of amides is 2. The molecule has 1 N–H and O–H groups in total.